The van der Waals surface area contributed by atoms with Crippen LogP contribution >= 0.6 is 0 Å². The first-order valence-electron chi connectivity index (χ1n) is 10.0. The van der Waals surface area contributed by atoms with Crippen LogP contribution < -0.4 is 9.64 Å². The van der Waals surface area contributed by atoms with Crippen LogP contribution in [0.5, 0.6) is 5.75 Å². The number of hydrogen-bond acceptors (Lipinski definition) is 5. The van der Waals surface area contributed by atoms with Crippen molar-refractivity contribution >= 4 is 11.6 Å². The molecule has 0 bridgehead atoms. The maximum atomic E-state index is 13.3. The lowest BCUT2D eigenvalue weighted by atomic mass is 9.97. The van der Waals surface area contributed by atoms with Crippen molar-refractivity contribution in [2.24, 2.45) is 0 Å². The largest absolute Gasteiger partial charge is 0.495 e. The molecule has 0 aromatic heterocycles. The number of rotatable bonds is 7. The van der Waals surface area contributed by atoms with Crippen molar-refractivity contribution in [2.75, 3.05) is 58.6 Å². The molecule has 1 amide bonds. The van der Waals surface area contributed by atoms with Crippen molar-refractivity contribution in [3.05, 3.63) is 23.8 Å². The van der Waals surface area contributed by atoms with E-state index in [4.69, 9.17) is 14.2 Å². The number of likely N-dealkylation sites (tertiary alicyclic amines) is 1. The average molecular weight is 376 g/mol. The number of carbonyl (C=O) groups excluding carboxylic acids is 1. The third-order valence-corrected chi connectivity index (χ3v) is 5.55. The molecule has 2 saturated heterocycles. The van der Waals surface area contributed by atoms with Crippen LogP contribution in [0, 0.1) is 0 Å². The van der Waals surface area contributed by atoms with Gasteiger partial charge in [0.1, 0.15) is 5.75 Å². The molecule has 1 atom stereocenters. The molecule has 2 aliphatic heterocycles. The van der Waals surface area contributed by atoms with Gasteiger partial charge in [-0.25, -0.2) is 0 Å². The molecule has 1 unspecified atom stereocenters. The first-order chi connectivity index (χ1) is 13.2. The molecule has 6 heteroatoms. The maximum Gasteiger partial charge on any atom is 0.254 e. The number of benzene rings is 1. The number of hydrogen-bond donors (Lipinski definition) is 0. The number of morpholine rings is 1. The second-order valence-electron chi connectivity index (χ2n) is 7.27. The van der Waals surface area contributed by atoms with E-state index >= 15 is 0 Å². The number of carbonyl (C=O) groups is 1. The molecule has 27 heavy (non-hydrogen) atoms. The van der Waals surface area contributed by atoms with Crippen LogP contribution in [0.4, 0.5) is 5.69 Å². The first kappa shape index (κ1) is 20.0. The standard InChI is InChI=1S/C21H32N2O4/c1-25-13-5-7-18-6-3-4-10-23(18)21(24)17-8-9-20(26-2)19(16-17)22-11-14-27-15-12-22/h8-9,16,18H,3-7,10-15H2,1-2H3. The predicted octanol–water partition coefficient (Wildman–Crippen LogP) is 2.95. The Morgan fingerprint density at radius 2 is 2.00 bits per heavy atom. The normalized spacial score (nSPS) is 20.6. The smallest absolute Gasteiger partial charge is 0.254 e. The summed E-state index contributed by atoms with van der Waals surface area (Å²) in [7, 11) is 3.41. The summed E-state index contributed by atoms with van der Waals surface area (Å²) in [6.07, 6.45) is 5.36. The number of amides is 1. The molecule has 150 valence electrons. The molecule has 1 aromatic carbocycles. The highest BCUT2D eigenvalue weighted by Crippen LogP contribution is 2.31. The molecule has 2 heterocycles. The van der Waals surface area contributed by atoms with E-state index in [0.717, 1.165) is 68.9 Å². The second-order valence-corrected chi connectivity index (χ2v) is 7.27. The van der Waals surface area contributed by atoms with Crippen molar-refractivity contribution < 1.29 is 19.0 Å². The number of nitrogens with zero attached hydrogens (tertiary/aromatic N) is 2. The highest BCUT2D eigenvalue weighted by molar-refractivity contribution is 5.96. The van der Waals surface area contributed by atoms with Gasteiger partial charge < -0.3 is 24.0 Å². The van der Waals surface area contributed by atoms with Crippen molar-refractivity contribution in [3.63, 3.8) is 0 Å². The fourth-order valence-corrected chi connectivity index (χ4v) is 4.07. The monoisotopic (exact) mass is 376 g/mol. The van der Waals surface area contributed by atoms with Gasteiger partial charge in [-0.15, -0.1) is 0 Å². The quantitative estimate of drug-likeness (QED) is 0.685. The molecule has 0 aliphatic carbocycles. The molecule has 0 N–H and O–H groups in total. The molecule has 2 fully saturated rings. The topological polar surface area (TPSA) is 51.2 Å². The lowest BCUT2D eigenvalue weighted by Crippen LogP contribution is -2.44. The summed E-state index contributed by atoms with van der Waals surface area (Å²) < 4.78 is 16.2. The van der Waals surface area contributed by atoms with Gasteiger partial charge in [0.05, 0.1) is 26.0 Å². The first-order valence-corrected chi connectivity index (χ1v) is 10.0. The van der Waals surface area contributed by atoms with Gasteiger partial charge in [0.25, 0.3) is 5.91 Å². The molecule has 1 aromatic rings. The van der Waals surface area contributed by atoms with Gasteiger partial charge >= 0.3 is 0 Å². The Kier molecular flexibility index (Phi) is 7.35. The molecule has 3 rings (SSSR count). The van der Waals surface area contributed by atoms with Crippen LogP contribution in [0.3, 0.4) is 0 Å². The summed E-state index contributed by atoms with van der Waals surface area (Å²) in [4.78, 5) is 17.6. The minimum atomic E-state index is 0.134. The summed E-state index contributed by atoms with van der Waals surface area (Å²) in [6, 6.07) is 6.12. The van der Waals surface area contributed by atoms with Gasteiger partial charge in [-0.2, -0.15) is 0 Å². The highest BCUT2D eigenvalue weighted by Gasteiger charge is 2.28. The minimum absolute atomic E-state index is 0.134. The van der Waals surface area contributed by atoms with E-state index < -0.39 is 0 Å². The molecule has 0 saturated carbocycles. The summed E-state index contributed by atoms with van der Waals surface area (Å²) in [6.45, 7) is 4.64. The zero-order valence-electron chi connectivity index (χ0n) is 16.6. The van der Waals surface area contributed by atoms with Crippen LogP contribution in [-0.4, -0.2) is 70.5 Å². The Bertz CT molecular complexity index is 616. The fourth-order valence-electron chi connectivity index (χ4n) is 4.07. The molecular weight excluding hydrogens is 344 g/mol. The van der Waals surface area contributed by atoms with Crippen LogP contribution in [0.1, 0.15) is 42.5 Å². The second kappa shape index (κ2) is 9.95. The Morgan fingerprint density at radius 1 is 1.19 bits per heavy atom. The lowest BCUT2D eigenvalue weighted by molar-refractivity contribution is 0.0585. The van der Waals surface area contributed by atoms with E-state index in [9.17, 15) is 4.79 Å². The molecular formula is C21H32N2O4. The summed E-state index contributed by atoms with van der Waals surface area (Å²) in [5.74, 6) is 0.943. The van der Waals surface area contributed by atoms with Gasteiger partial charge in [-0.05, 0) is 50.3 Å². The average Bonchev–Trinajstić information content (AvgIpc) is 2.74. The van der Waals surface area contributed by atoms with E-state index in [1.54, 1.807) is 14.2 Å². The zero-order valence-corrected chi connectivity index (χ0v) is 16.6. The van der Waals surface area contributed by atoms with Crippen molar-refractivity contribution in [1.82, 2.24) is 4.90 Å². The van der Waals surface area contributed by atoms with E-state index in [1.165, 1.54) is 6.42 Å². The number of methoxy groups -OCH3 is 2. The van der Waals surface area contributed by atoms with E-state index in [1.807, 2.05) is 18.2 Å². The summed E-state index contributed by atoms with van der Waals surface area (Å²) in [5, 5.41) is 0. The van der Waals surface area contributed by atoms with Crippen LogP contribution in [0.15, 0.2) is 18.2 Å². The van der Waals surface area contributed by atoms with Crippen LogP contribution in [-0.2, 0) is 9.47 Å². The third kappa shape index (κ3) is 4.93. The third-order valence-electron chi connectivity index (χ3n) is 5.55. The number of piperidine rings is 1. The molecule has 2 aliphatic rings. The molecule has 0 radical (unpaired) electrons. The summed E-state index contributed by atoms with van der Waals surface area (Å²) >= 11 is 0. The number of anilines is 1. The van der Waals surface area contributed by atoms with Crippen LogP contribution in [0.25, 0.3) is 0 Å². The minimum Gasteiger partial charge on any atom is -0.495 e. The highest BCUT2D eigenvalue weighted by atomic mass is 16.5. The van der Waals surface area contributed by atoms with E-state index in [2.05, 4.69) is 9.80 Å². The van der Waals surface area contributed by atoms with Crippen molar-refractivity contribution in [1.29, 1.82) is 0 Å². The van der Waals surface area contributed by atoms with Crippen molar-refractivity contribution in [2.45, 2.75) is 38.1 Å². The van der Waals surface area contributed by atoms with Gasteiger partial charge in [-0.1, -0.05) is 0 Å². The fraction of sp³-hybridized carbons (Fsp3) is 0.667. The Balaban J connectivity index is 1.78. The van der Waals surface area contributed by atoms with Gasteiger partial charge in [0.15, 0.2) is 0 Å². The predicted molar refractivity (Wildman–Crippen MR) is 106 cm³/mol. The van der Waals surface area contributed by atoms with Crippen molar-refractivity contribution in [3.8, 4) is 5.75 Å². The molecule has 0 spiro atoms. The Labute approximate surface area is 162 Å². The Morgan fingerprint density at radius 3 is 2.74 bits per heavy atom. The summed E-state index contributed by atoms with van der Waals surface area (Å²) in [5.41, 5.74) is 1.73. The van der Waals surface area contributed by atoms with Crippen LogP contribution in [0.2, 0.25) is 0 Å². The van der Waals surface area contributed by atoms with Gasteiger partial charge in [-0.3, -0.25) is 4.79 Å². The molecule has 6 nitrogen and oxygen atoms in total. The SMILES string of the molecule is COCCCC1CCCCN1C(=O)c1ccc(OC)c(N2CCOCC2)c1. The van der Waals surface area contributed by atoms with E-state index in [0.29, 0.717) is 19.3 Å². The number of ether oxygens (including phenoxy) is 3. The maximum absolute atomic E-state index is 13.3. The van der Waals surface area contributed by atoms with Gasteiger partial charge in [0, 0.05) is 45.0 Å². The van der Waals surface area contributed by atoms with E-state index in [-0.39, 0.29) is 5.91 Å². The lowest BCUT2D eigenvalue weighted by Gasteiger charge is -2.36. The Hall–Kier alpha value is -1.79. The zero-order chi connectivity index (χ0) is 19.1. The van der Waals surface area contributed by atoms with Gasteiger partial charge in [0.2, 0.25) is 0 Å².